The van der Waals surface area contributed by atoms with Gasteiger partial charge >= 0.3 is 0 Å². The summed E-state index contributed by atoms with van der Waals surface area (Å²) in [6.45, 7) is 0. The maximum Gasteiger partial charge on any atom is 0.219 e. The molecule has 2 aromatic carbocycles. The van der Waals surface area contributed by atoms with Gasteiger partial charge in [0, 0.05) is 27.6 Å². The first-order valence-electron chi connectivity index (χ1n) is 6.43. The lowest BCUT2D eigenvalue weighted by atomic mass is 10.2. The summed E-state index contributed by atoms with van der Waals surface area (Å²) >= 11 is 37.4. The van der Waals surface area contributed by atoms with Gasteiger partial charge in [0.15, 0.2) is 0 Å². The van der Waals surface area contributed by atoms with Gasteiger partial charge in [-0.1, -0.05) is 69.6 Å². The van der Waals surface area contributed by atoms with Gasteiger partial charge in [0.25, 0.3) is 0 Å². The summed E-state index contributed by atoms with van der Waals surface area (Å²) < 4.78 is 0.0798. The Morgan fingerprint density at radius 2 is 1.62 bits per heavy atom. The maximum atomic E-state index is 6.14. The van der Waals surface area contributed by atoms with Gasteiger partial charge in [-0.15, -0.1) is 0 Å². The van der Waals surface area contributed by atoms with E-state index in [0.29, 0.717) is 15.7 Å². The molecule has 0 fully saturated rings. The van der Waals surface area contributed by atoms with Crippen LogP contribution in [0.4, 0.5) is 5.69 Å². The molecular weight excluding hydrogens is 453 g/mol. The highest BCUT2D eigenvalue weighted by Gasteiger charge is 2.29. The molecule has 0 saturated heterocycles. The van der Waals surface area contributed by atoms with E-state index in [1.807, 2.05) is 31.3 Å². The molecule has 0 aliphatic rings. The van der Waals surface area contributed by atoms with Crippen molar-refractivity contribution < 1.29 is 0 Å². The first-order chi connectivity index (χ1) is 11.2. The summed E-state index contributed by atoms with van der Waals surface area (Å²) in [6, 6.07) is 10.5. The summed E-state index contributed by atoms with van der Waals surface area (Å²) in [5, 5.41) is 1.32. The van der Waals surface area contributed by atoms with E-state index in [-0.39, 0.29) is 10.6 Å². The lowest BCUT2D eigenvalue weighted by Gasteiger charge is -2.17. The molecule has 0 atom stereocenters. The summed E-state index contributed by atoms with van der Waals surface area (Å²) in [5.74, 6) is 0. The molecule has 0 unspecified atom stereocenters. The van der Waals surface area contributed by atoms with Crippen LogP contribution in [-0.2, 0) is 3.79 Å². The predicted octanol–water partition coefficient (Wildman–Crippen LogP) is 7.77. The Bertz CT molecular complexity index is 743. The van der Waals surface area contributed by atoms with E-state index in [9.17, 15) is 0 Å². The van der Waals surface area contributed by atoms with Crippen LogP contribution in [0.3, 0.4) is 0 Å². The molecule has 0 aliphatic heterocycles. The number of halogens is 6. The van der Waals surface area contributed by atoms with Crippen LogP contribution in [0.5, 0.6) is 0 Å². The molecule has 0 saturated carbocycles. The Labute approximate surface area is 174 Å². The summed E-state index contributed by atoms with van der Waals surface area (Å²) in [4.78, 5) is 5.34. The fourth-order valence-corrected chi connectivity index (χ4v) is 3.95. The molecule has 0 spiro atoms. The lowest BCUT2D eigenvalue weighted by Crippen LogP contribution is -2.06. The Balaban J connectivity index is 2.23. The van der Waals surface area contributed by atoms with Crippen molar-refractivity contribution in [2.45, 2.75) is 8.69 Å². The van der Waals surface area contributed by atoms with Crippen LogP contribution in [-0.4, -0.2) is 17.7 Å². The highest BCUT2D eigenvalue weighted by Crippen LogP contribution is 2.47. The number of rotatable bonds is 4. The number of nitrogens with zero attached hydrogens (tertiary/aromatic N) is 2. The van der Waals surface area contributed by atoms with E-state index in [4.69, 9.17) is 69.6 Å². The van der Waals surface area contributed by atoms with Crippen molar-refractivity contribution in [3.05, 3.63) is 57.0 Å². The summed E-state index contributed by atoms with van der Waals surface area (Å²) in [6.07, 6.45) is 1.58. The molecule has 2 aromatic rings. The van der Waals surface area contributed by atoms with Gasteiger partial charge in [-0.3, -0.25) is 0 Å². The number of hydrogen-bond acceptors (Lipinski definition) is 2. The topological polar surface area (TPSA) is 15.6 Å². The second-order valence-electron chi connectivity index (χ2n) is 4.62. The third kappa shape index (κ3) is 5.77. The minimum Gasteiger partial charge on any atom is -0.306 e. The first-order valence-corrected chi connectivity index (χ1v) is 9.48. The zero-order valence-electron chi connectivity index (χ0n) is 12.1. The van der Waals surface area contributed by atoms with E-state index in [1.165, 1.54) is 18.0 Å². The first kappa shape index (κ1) is 20.3. The molecule has 0 N–H and O–H groups in total. The number of alkyl halides is 3. The van der Waals surface area contributed by atoms with Gasteiger partial charge in [0.05, 0.1) is 10.7 Å². The van der Waals surface area contributed by atoms with Crippen molar-refractivity contribution in [2.75, 3.05) is 7.05 Å². The molecular formula is C15H10Cl6N2S. The average Bonchev–Trinajstić information content (AvgIpc) is 2.45. The van der Waals surface area contributed by atoms with Crippen LogP contribution in [0.1, 0.15) is 5.56 Å². The van der Waals surface area contributed by atoms with Gasteiger partial charge in [-0.2, -0.15) is 0 Å². The molecule has 0 amide bonds. The Morgan fingerprint density at radius 3 is 2.21 bits per heavy atom. The van der Waals surface area contributed by atoms with Crippen molar-refractivity contribution in [2.24, 2.45) is 4.99 Å². The van der Waals surface area contributed by atoms with Crippen LogP contribution in [0.15, 0.2) is 46.3 Å². The third-order valence-electron chi connectivity index (χ3n) is 2.74. The van der Waals surface area contributed by atoms with Crippen molar-refractivity contribution in [1.29, 1.82) is 0 Å². The minimum absolute atomic E-state index is 0.239. The van der Waals surface area contributed by atoms with Gasteiger partial charge < -0.3 is 4.31 Å². The Hall–Kier alpha value is -0.000000000000000222. The van der Waals surface area contributed by atoms with Crippen molar-refractivity contribution in [3.8, 4) is 0 Å². The SMILES string of the molecule is CN(C=Nc1cc(Cl)cc(Cl)c1C(Cl)(Cl)Cl)Sc1ccc(Cl)cc1. The van der Waals surface area contributed by atoms with E-state index in [1.54, 1.807) is 16.7 Å². The Kier molecular flexibility index (Phi) is 7.27. The Morgan fingerprint density at radius 1 is 1.00 bits per heavy atom. The molecule has 0 heterocycles. The average molecular weight is 463 g/mol. The van der Waals surface area contributed by atoms with E-state index >= 15 is 0 Å². The van der Waals surface area contributed by atoms with E-state index < -0.39 is 3.79 Å². The summed E-state index contributed by atoms with van der Waals surface area (Å²) in [7, 11) is 1.84. The normalized spacial score (nSPS) is 12.0. The maximum absolute atomic E-state index is 6.14. The third-order valence-corrected chi connectivity index (χ3v) is 4.94. The molecule has 128 valence electrons. The van der Waals surface area contributed by atoms with Crippen LogP contribution >= 0.6 is 81.6 Å². The quantitative estimate of drug-likeness (QED) is 0.199. The standard InChI is InChI=1S/C15H10Cl6N2S/c1-23(24-11-4-2-9(16)3-5-11)8-22-13-7-10(17)6-12(18)14(13)15(19,20)21/h2-8H,1H3. The van der Waals surface area contributed by atoms with Crippen LogP contribution in [0, 0.1) is 0 Å². The van der Waals surface area contributed by atoms with Crippen molar-refractivity contribution in [3.63, 3.8) is 0 Å². The highest BCUT2D eigenvalue weighted by atomic mass is 35.6. The van der Waals surface area contributed by atoms with E-state index in [0.717, 1.165) is 4.90 Å². The van der Waals surface area contributed by atoms with Gasteiger partial charge in [0.2, 0.25) is 3.79 Å². The highest BCUT2D eigenvalue weighted by molar-refractivity contribution is 7.97. The molecule has 2 rings (SSSR count). The molecule has 2 nitrogen and oxygen atoms in total. The minimum atomic E-state index is -1.71. The zero-order chi connectivity index (χ0) is 17.9. The molecule has 9 heteroatoms. The summed E-state index contributed by atoms with van der Waals surface area (Å²) in [5.41, 5.74) is 0.663. The second kappa shape index (κ2) is 8.59. The number of hydrogen-bond donors (Lipinski definition) is 0. The van der Waals surface area contributed by atoms with Crippen molar-refractivity contribution in [1.82, 2.24) is 4.31 Å². The van der Waals surface area contributed by atoms with Crippen LogP contribution in [0.25, 0.3) is 0 Å². The lowest BCUT2D eigenvalue weighted by molar-refractivity contribution is 0.869. The van der Waals surface area contributed by atoms with Crippen LogP contribution in [0.2, 0.25) is 15.1 Å². The van der Waals surface area contributed by atoms with Gasteiger partial charge in [0.1, 0.15) is 6.34 Å². The second-order valence-corrected chi connectivity index (χ2v) is 9.41. The van der Waals surface area contributed by atoms with Gasteiger partial charge in [-0.05, 0) is 48.3 Å². The zero-order valence-corrected chi connectivity index (χ0v) is 17.5. The number of benzene rings is 2. The fourth-order valence-electron chi connectivity index (χ4n) is 1.77. The fraction of sp³-hybridized carbons (Fsp3) is 0.133. The van der Waals surface area contributed by atoms with Crippen LogP contribution < -0.4 is 0 Å². The van der Waals surface area contributed by atoms with Crippen molar-refractivity contribution >= 4 is 93.6 Å². The van der Waals surface area contributed by atoms with E-state index in [2.05, 4.69) is 4.99 Å². The molecule has 0 aliphatic carbocycles. The smallest absolute Gasteiger partial charge is 0.219 e. The monoisotopic (exact) mass is 460 g/mol. The number of aliphatic imine (C=N–C) groups is 1. The molecule has 0 bridgehead atoms. The molecule has 24 heavy (non-hydrogen) atoms. The molecule has 0 radical (unpaired) electrons. The largest absolute Gasteiger partial charge is 0.306 e. The predicted molar refractivity (Wildman–Crippen MR) is 109 cm³/mol. The van der Waals surface area contributed by atoms with Gasteiger partial charge in [-0.25, -0.2) is 4.99 Å². The molecule has 0 aromatic heterocycles.